The molecule has 26 heavy (non-hydrogen) atoms. The molecule has 0 aliphatic rings. The van der Waals surface area contributed by atoms with Crippen molar-refractivity contribution >= 4 is 0 Å². The number of aromatic hydroxyl groups is 2. The highest BCUT2D eigenvalue weighted by Crippen LogP contribution is 2.42. The molecule has 0 aliphatic heterocycles. The molecule has 1 aromatic carbocycles. The van der Waals surface area contributed by atoms with Crippen LogP contribution in [0.2, 0.25) is 0 Å². The lowest BCUT2D eigenvalue weighted by Crippen LogP contribution is -2.23. The van der Waals surface area contributed by atoms with E-state index in [2.05, 4.69) is 84.4 Å². The Kier molecular flexibility index (Phi) is 4.86. The minimum absolute atomic E-state index is 0.000350. The fraction of sp³-hybridized carbons (Fsp3) is 0.545. The molecule has 0 radical (unpaired) electrons. The molecule has 0 unspecified atom stereocenters. The first-order chi connectivity index (χ1) is 11.6. The number of aromatic nitrogens is 2. The Morgan fingerprint density at radius 1 is 0.615 bits per heavy atom. The summed E-state index contributed by atoms with van der Waals surface area (Å²) >= 11 is 0. The summed E-state index contributed by atoms with van der Waals surface area (Å²) in [6, 6.07) is 5.59. The third-order valence-corrected chi connectivity index (χ3v) is 4.54. The summed E-state index contributed by atoms with van der Waals surface area (Å²) in [6.45, 7) is 19.6. The summed E-state index contributed by atoms with van der Waals surface area (Å²) in [7, 11) is 0. The zero-order chi connectivity index (χ0) is 20.1. The lowest BCUT2D eigenvalue weighted by atomic mass is 9.72. The maximum atomic E-state index is 9.92. The molecule has 1 heterocycles. The van der Waals surface area contributed by atoms with Gasteiger partial charge in [0.25, 0.3) is 0 Å². The minimum atomic E-state index is -0.230. The Bertz CT molecular complexity index is 764. The highest BCUT2D eigenvalue weighted by atomic mass is 16.3. The summed E-state index contributed by atoms with van der Waals surface area (Å²) in [4.78, 5) is 8.46. The lowest BCUT2D eigenvalue weighted by Gasteiger charge is -2.33. The van der Waals surface area contributed by atoms with Crippen LogP contribution < -0.4 is 0 Å². The van der Waals surface area contributed by atoms with Crippen LogP contribution in [-0.4, -0.2) is 20.2 Å². The Labute approximate surface area is 157 Å². The van der Waals surface area contributed by atoms with E-state index in [0.717, 1.165) is 22.8 Å². The summed E-state index contributed by atoms with van der Waals surface area (Å²) in [5.41, 5.74) is 4.06. The topological polar surface area (TPSA) is 66.2 Å². The average Bonchev–Trinajstić information content (AvgIpc) is 2.41. The molecular weight excluding hydrogens is 324 g/mol. The Balaban J connectivity index is 3.00. The zero-order valence-electron chi connectivity index (χ0n) is 17.5. The molecule has 2 aromatic rings. The molecule has 0 saturated heterocycles. The van der Waals surface area contributed by atoms with Gasteiger partial charge in [0.2, 0.25) is 11.8 Å². The van der Waals surface area contributed by atoms with Crippen LogP contribution in [0.25, 0.3) is 11.4 Å². The molecular formula is C22H32N2O2. The Hall–Kier alpha value is -2.10. The van der Waals surface area contributed by atoms with Gasteiger partial charge >= 0.3 is 0 Å². The molecule has 0 fully saturated rings. The summed E-state index contributed by atoms with van der Waals surface area (Å²) < 4.78 is 0. The highest BCUT2D eigenvalue weighted by Gasteiger charge is 2.31. The summed E-state index contributed by atoms with van der Waals surface area (Å²) in [5, 5.41) is 19.8. The zero-order valence-corrected chi connectivity index (χ0v) is 17.5. The van der Waals surface area contributed by atoms with Gasteiger partial charge < -0.3 is 10.2 Å². The second-order valence-corrected chi connectivity index (χ2v) is 10.1. The standard InChI is InChI=1S/C22H32N2O2/c1-20(2,3)13-10-14(21(4,5)6)18(15(11-13)22(7,8)9)19-23-16(25)12-17(26)24-19/h10-12H,1-9H3,(H2,23,24,25,26). The molecule has 0 aliphatic carbocycles. The Morgan fingerprint density at radius 2 is 1.00 bits per heavy atom. The first kappa shape index (κ1) is 20.2. The first-order valence-corrected chi connectivity index (χ1v) is 9.07. The molecule has 1 aromatic heterocycles. The maximum absolute atomic E-state index is 9.92. The van der Waals surface area contributed by atoms with Gasteiger partial charge in [-0.3, -0.25) is 0 Å². The average molecular weight is 357 g/mol. The molecule has 0 amide bonds. The van der Waals surface area contributed by atoms with Crippen LogP contribution in [0.15, 0.2) is 18.2 Å². The SMILES string of the molecule is CC(C)(C)c1cc(C(C)(C)C)c(-c2nc(O)cc(O)n2)c(C(C)(C)C)c1. The van der Waals surface area contributed by atoms with Crippen molar-refractivity contribution in [3.05, 3.63) is 34.9 Å². The highest BCUT2D eigenvalue weighted by molar-refractivity contribution is 5.70. The predicted octanol–water partition coefficient (Wildman–Crippen LogP) is 5.45. The molecule has 0 bridgehead atoms. The first-order valence-electron chi connectivity index (χ1n) is 9.07. The molecule has 0 spiro atoms. The van der Waals surface area contributed by atoms with Gasteiger partial charge in [-0.25, -0.2) is 0 Å². The van der Waals surface area contributed by atoms with Crippen molar-refractivity contribution in [2.75, 3.05) is 0 Å². The van der Waals surface area contributed by atoms with Crippen LogP contribution >= 0.6 is 0 Å². The number of hydrogen-bond donors (Lipinski definition) is 2. The van der Waals surface area contributed by atoms with Gasteiger partial charge in [0.05, 0.1) is 6.07 Å². The molecule has 4 heteroatoms. The largest absolute Gasteiger partial charge is 0.493 e. The van der Waals surface area contributed by atoms with Crippen LogP contribution in [0, 0.1) is 0 Å². The van der Waals surface area contributed by atoms with Crippen molar-refractivity contribution in [2.24, 2.45) is 0 Å². The van der Waals surface area contributed by atoms with E-state index in [1.165, 1.54) is 5.56 Å². The number of hydrogen-bond acceptors (Lipinski definition) is 4. The van der Waals surface area contributed by atoms with Gasteiger partial charge in [-0.1, -0.05) is 74.4 Å². The van der Waals surface area contributed by atoms with Crippen molar-refractivity contribution in [1.29, 1.82) is 0 Å². The number of nitrogens with zero attached hydrogens (tertiary/aromatic N) is 2. The lowest BCUT2D eigenvalue weighted by molar-refractivity contribution is 0.422. The van der Waals surface area contributed by atoms with Crippen LogP contribution in [0.1, 0.15) is 79.0 Å². The van der Waals surface area contributed by atoms with Gasteiger partial charge in [0.1, 0.15) is 0 Å². The smallest absolute Gasteiger partial charge is 0.218 e. The number of benzene rings is 1. The van der Waals surface area contributed by atoms with E-state index in [-0.39, 0.29) is 28.0 Å². The van der Waals surface area contributed by atoms with Gasteiger partial charge in [-0.15, -0.1) is 0 Å². The van der Waals surface area contributed by atoms with Gasteiger partial charge in [-0.05, 0) is 32.9 Å². The van der Waals surface area contributed by atoms with Gasteiger partial charge in [0.15, 0.2) is 5.82 Å². The van der Waals surface area contributed by atoms with Gasteiger partial charge in [-0.2, -0.15) is 9.97 Å². The summed E-state index contributed by atoms with van der Waals surface area (Å²) in [5.74, 6) is -0.1000. The quantitative estimate of drug-likeness (QED) is 0.713. The molecule has 2 rings (SSSR count). The van der Waals surface area contributed by atoms with Crippen molar-refractivity contribution in [1.82, 2.24) is 9.97 Å². The fourth-order valence-corrected chi connectivity index (χ4v) is 3.03. The molecule has 0 atom stereocenters. The van der Waals surface area contributed by atoms with Crippen molar-refractivity contribution in [2.45, 2.75) is 78.6 Å². The van der Waals surface area contributed by atoms with Crippen molar-refractivity contribution < 1.29 is 10.2 Å². The van der Waals surface area contributed by atoms with Crippen LogP contribution in [0.4, 0.5) is 0 Å². The minimum Gasteiger partial charge on any atom is -0.493 e. The van der Waals surface area contributed by atoms with Crippen LogP contribution in [-0.2, 0) is 16.2 Å². The monoisotopic (exact) mass is 356 g/mol. The fourth-order valence-electron chi connectivity index (χ4n) is 3.03. The third-order valence-electron chi connectivity index (χ3n) is 4.54. The molecule has 142 valence electrons. The van der Waals surface area contributed by atoms with Gasteiger partial charge in [0, 0.05) is 5.56 Å². The van der Waals surface area contributed by atoms with E-state index in [1.54, 1.807) is 0 Å². The van der Waals surface area contributed by atoms with E-state index in [9.17, 15) is 10.2 Å². The molecule has 0 saturated carbocycles. The normalized spacial score (nSPS) is 13.1. The Morgan fingerprint density at radius 3 is 1.31 bits per heavy atom. The van der Waals surface area contributed by atoms with E-state index >= 15 is 0 Å². The number of rotatable bonds is 1. The van der Waals surface area contributed by atoms with E-state index in [1.807, 2.05) is 0 Å². The van der Waals surface area contributed by atoms with Crippen molar-refractivity contribution in [3.63, 3.8) is 0 Å². The second-order valence-electron chi connectivity index (χ2n) is 10.1. The predicted molar refractivity (Wildman–Crippen MR) is 107 cm³/mol. The van der Waals surface area contributed by atoms with E-state index in [4.69, 9.17) is 0 Å². The molecule has 4 nitrogen and oxygen atoms in total. The second kappa shape index (κ2) is 6.26. The van der Waals surface area contributed by atoms with E-state index < -0.39 is 0 Å². The van der Waals surface area contributed by atoms with Crippen LogP contribution in [0.3, 0.4) is 0 Å². The van der Waals surface area contributed by atoms with Crippen molar-refractivity contribution in [3.8, 4) is 23.1 Å². The van der Waals surface area contributed by atoms with Crippen LogP contribution in [0.5, 0.6) is 11.8 Å². The molecule has 2 N–H and O–H groups in total. The maximum Gasteiger partial charge on any atom is 0.218 e. The summed E-state index contributed by atoms with van der Waals surface area (Å²) in [6.07, 6.45) is 0. The third kappa shape index (κ3) is 4.17. The van der Waals surface area contributed by atoms with E-state index in [0.29, 0.717) is 5.82 Å².